The molecule has 0 aromatic heterocycles. The lowest BCUT2D eigenvalue weighted by Crippen LogP contribution is -2.13. The molecule has 2 nitrogen and oxygen atoms in total. The normalized spacial score (nSPS) is 10.4. The quantitative estimate of drug-likeness (QED) is 0.722. The highest BCUT2D eigenvalue weighted by Gasteiger charge is 2.23. The monoisotopic (exact) mass is 322 g/mol. The summed E-state index contributed by atoms with van der Waals surface area (Å²) in [5.41, 5.74) is 0. The van der Waals surface area contributed by atoms with E-state index in [0.717, 1.165) is 0 Å². The van der Waals surface area contributed by atoms with Gasteiger partial charge in [0.15, 0.2) is 23.1 Å². The van der Waals surface area contributed by atoms with Crippen molar-refractivity contribution in [1.29, 1.82) is 0 Å². The zero-order chi connectivity index (χ0) is 16.6. The average molecular weight is 322 g/mol. The summed E-state index contributed by atoms with van der Waals surface area (Å²) >= 11 is 0. The van der Waals surface area contributed by atoms with Gasteiger partial charge in [0, 0.05) is 6.07 Å². The van der Waals surface area contributed by atoms with E-state index in [1.54, 1.807) is 0 Å². The number of alkyl halides is 4. The molecule has 1 aromatic carbocycles. The highest BCUT2D eigenvalue weighted by molar-refractivity contribution is 5.38. The smallest absolute Gasteiger partial charge is 0.272 e. The summed E-state index contributed by atoms with van der Waals surface area (Å²) in [7, 11) is 0. The van der Waals surface area contributed by atoms with Gasteiger partial charge in [-0.15, -0.1) is 0 Å². The molecule has 0 spiro atoms. The lowest BCUT2D eigenvalue weighted by atomic mass is 10.2. The molecule has 0 radical (unpaired) electrons. The zero-order valence-electron chi connectivity index (χ0n) is 11.1. The molecule has 0 fully saturated rings. The van der Waals surface area contributed by atoms with Gasteiger partial charge in [0.2, 0.25) is 5.82 Å². The maximum Gasteiger partial charge on any atom is 0.272 e. The third kappa shape index (κ3) is 6.09. The lowest BCUT2D eigenvalue weighted by Gasteiger charge is -2.12. The molecule has 1 aromatic rings. The van der Waals surface area contributed by atoms with E-state index in [-0.39, 0.29) is 6.07 Å². The second-order valence-electron chi connectivity index (χ2n) is 3.22. The number of halogens is 7. The van der Waals surface area contributed by atoms with E-state index in [1.807, 2.05) is 13.8 Å². The van der Waals surface area contributed by atoms with Crippen molar-refractivity contribution >= 4 is 0 Å². The van der Waals surface area contributed by atoms with Crippen LogP contribution in [0.4, 0.5) is 30.7 Å². The fourth-order valence-corrected chi connectivity index (χ4v) is 1.11. The molecule has 0 aliphatic rings. The van der Waals surface area contributed by atoms with Crippen molar-refractivity contribution in [2.45, 2.75) is 26.7 Å². The van der Waals surface area contributed by atoms with Crippen LogP contribution in [-0.4, -0.2) is 26.1 Å². The van der Waals surface area contributed by atoms with Gasteiger partial charge >= 0.3 is 0 Å². The van der Waals surface area contributed by atoms with E-state index < -0.39 is 55.0 Å². The van der Waals surface area contributed by atoms with E-state index in [9.17, 15) is 30.7 Å². The standard InChI is InChI=1S/C10H7F7O2.C2H6/c11-4-1-5(12)10(19-3-7(15)16)8(17)9(4)18-2-6(13)14;1-2/h1,6-7H,2-3H2;1-2H3. The van der Waals surface area contributed by atoms with Crippen molar-refractivity contribution in [3.63, 3.8) is 0 Å². The first-order valence-corrected chi connectivity index (χ1v) is 5.82. The number of rotatable bonds is 6. The molecule has 0 saturated heterocycles. The summed E-state index contributed by atoms with van der Waals surface area (Å²) in [4.78, 5) is 0. The number of benzene rings is 1. The van der Waals surface area contributed by atoms with Crippen LogP contribution in [-0.2, 0) is 0 Å². The predicted molar refractivity (Wildman–Crippen MR) is 60.7 cm³/mol. The summed E-state index contributed by atoms with van der Waals surface area (Å²) in [6, 6.07) is 0.0880. The second kappa shape index (κ2) is 9.30. The minimum Gasteiger partial charge on any atom is -0.481 e. The minimum absolute atomic E-state index is 0.0880. The molecule has 0 N–H and O–H groups in total. The molecule has 0 bridgehead atoms. The summed E-state index contributed by atoms with van der Waals surface area (Å²) in [5.74, 6) is -7.59. The van der Waals surface area contributed by atoms with Gasteiger partial charge in [-0.2, -0.15) is 4.39 Å². The Kier molecular flexibility index (Phi) is 8.56. The second-order valence-corrected chi connectivity index (χ2v) is 3.22. The number of ether oxygens (including phenoxy) is 2. The Hall–Kier alpha value is -1.67. The Morgan fingerprint density at radius 2 is 1.14 bits per heavy atom. The van der Waals surface area contributed by atoms with Crippen molar-refractivity contribution in [3.8, 4) is 11.5 Å². The molecular weight excluding hydrogens is 309 g/mol. The average Bonchev–Trinajstić information content (AvgIpc) is 2.39. The maximum absolute atomic E-state index is 13.5. The van der Waals surface area contributed by atoms with Crippen LogP contribution >= 0.6 is 0 Å². The minimum atomic E-state index is -3.02. The topological polar surface area (TPSA) is 18.5 Å². The fraction of sp³-hybridized carbons (Fsp3) is 0.500. The molecule has 0 unspecified atom stereocenters. The van der Waals surface area contributed by atoms with Crippen molar-refractivity contribution in [2.75, 3.05) is 13.2 Å². The Morgan fingerprint density at radius 3 is 1.43 bits per heavy atom. The number of hydrogen-bond donors (Lipinski definition) is 0. The summed E-state index contributed by atoms with van der Waals surface area (Å²) < 4.78 is 95.2. The van der Waals surface area contributed by atoms with Crippen LogP contribution in [0.5, 0.6) is 11.5 Å². The van der Waals surface area contributed by atoms with E-state index in [2.05, 4.69) is 9.47 Å². The molecule has 0 saturated carbocycles. The highest BCUT2D eigenvalue weighted by atomic mass is 19.3. The molecule has 0 atom stereocenters. The van der Waals surface area contributed by atoms with Crippen LogP contribution in [0.15, 0.2) is 6.07 Å². The van der Waals surface area contributed by atoms with Gasteiger partial charge in [-0.3, -0.25) is 0 Å². The Morgan fingerprint density at radius 1 is 0.810 bits per heavy atom. The predicted octanol–water partition coefficient (Wildman–Crippen LogP) is 4.42. The van der Waals surface area contributed by atoms with Crippen LogP contribution in [0.1, 0.15) is 13.8 Å². The Bertz CT molecular complexity index is 402. The molecular formula is C12H13F7O2. The third-order valence-electron chi connectivity index (χ3n) is 1.79. The van der Waals surface area contributed by atoms with Crippen LogP contribution in [0.25, 0.3) is 0 Å². The molecule has 21 heavy (non-hydrogen) atoms. The molecule has 0 amide bonds. The van der Waals surface area contributed by atoms with Gasteiger partial charge in [-0.05, 0) is 0 Å². The fourth-order valence-electron chi connectivity index (χ4n) is 1.11. The summed E-state index contributed by atoms with van der Waals surface area (Å²) in [6.07, 6.45) is -6.04. The molecule has 0 aliphatic carbocycles. The maximum atomic E-state index is 13.5. The number of hydrogen-bond acceptors (Lipinski definition) is 2. The molecule has 0 aliphatic heterocycles. The molecule has 1 rings (SSSR count). The van der Waals surface area contributed by atoms with Crippen molar-refractivity contribution in [3.05, 3.63) is 23.5 Å². The van der Waals surface area contributed by atoms with Crippen LogP contribution < -0.4 is 9.47 Å². The van der Waals surface area contributed by atoms with Crippen molar-refractivity contribution in [1.82, 2.24) is 0 Å². The van der Waals surface area contributed by atoms with Crippen molar-refractivity contribution in [2.24, 2.45) is 0 Å². The van der Waals surface area contributed by atoms with Gasteiger partial charge in [0.05, 0.1) is 0 Å². The molecule has 9 heteroatoms. The van der Waals surface area contributed by atoms with E-state index in [1.165, 1.54) is 0 Å². The van der Waals surface area contributed by atoms with E-state index in [4.69, 9.17) is 0 Å². The van der Waals surface area contributed by atoms with Gasteiger partial charge in [-0.1, -0.05) is 13.8 Å². The largest absolute Gasteiger partial charge is 0.481 e. The molecule has 122 valence electrons. The SMILES string of the molecule is CC.Fc1cc(F)c(OCC(F)F)c(F)c1OCC(F)F. The van der Waals surface area contributed by atoms with Crippen LogP contribution in [0.3, 0.4) is 0 Å². The van der Waals surface area contributed by atoms with Gasteiger partial charge < -0.3 is 9.47 Å². The first-order chi connectivity index (χ1) is 9.82. The van der Waals surface area contributed by atoms with Crippen molar-refractivity contribution < 1.29 is 40.2 Å². The van der Waals surface area contributed by atoms with Crippen LogP contribution in [0.2, 0.25) is 0 Å². The zero-order valence-corrected chi connectivity index (χ0v) is 11.1. The Balaban J connectivity index is 0.00000191. The summed E-state index contributed by atoms with van der Waals surface area (Å²) in [5, 5.41) is 0. The summed E-state index contributed by atoms with van der Waals surface area (Å²) in [6.45, 7) is 1.32. The first kappa shape index (κ1) is 19.3. The van der Waals surface area contributed by atoms with Gasteiger partial charge in [-0.25, -0.2) is 26.3 Å². The van der Waals surface area contributed by atoms with Gasteiger partial charge in [0.25, 0.3) is 12.9 Å². The van der Waals surface area contributed by atoms with E-state index >= 15 is 0 Å². The Labute approximate surface area is 116 Å². The molecule has 0 heterocycles. The first-order valence-electron chi connectivity index (χ1n) is 5.82. The van der Waals surface area contributed by atoms with Crippen LogP contribution in [0, 0.1) is 17.5 Å². The lowest BCUT2D eigenvalue weighted by molar-refractivity contribution is 0.0712. The van der Waals surface area contributed by atoms with E-state index in [0.29, 0.717) is 0 Å². The van der Waals surface area contributed by atoms with Gasteiger partial charge in [0.1, 0.15) is 13.2 Å². The highest BCUT2D eigenvalue weighted by Crippen LogP contribution is 2.33. The third-order valence-corrected chi connectivity index (χ3v) is 1.79.